The molecule has 10 atom stereocenters. The monoisotopic (exact) mass is 448 g/mol. The van der Waals surface area contributed by atoms with Crippen molar-refractivity contribution >= 4 is 11.9 Å². The molecule has 32 heavy (non-hydrogen) atoms. The zero-order chi connectivity index (χ0) is 23.3. The maximum absolute atomic E-state index is 11.7. The van der Waals surface area contributed by atoms with Gasteiger partial charge in [-0.25, -0.2) is 0 Å². The normalized spacial score (nSPS) is 46.4. The van der Waals surface area contributed by atoms with Crippen LogP contribution in [0.3, 0.4) is 0 Å². The molecule has 0 aromatic carbocycles. The van der Waals surface area contributed by atoms with Gasteiger partial charge >= 0.3 is 11.9 Å². The van der Waals surface area contributed by atoms with Crippen LogP contribution in [-0.2, 0) is 19.1 Å². The van der Waals surface area contributed by atoms with Gasteiger partial charge < -0.3 is 14.6 Å². The summed E-state index contributed by atoms with van der Waals surface area (Å²) in [6.45, 7) is 8.78. The Hall–Kier alpha value is -1.10. The summed E-state index contributed by atoms with van der Waals surface area (Å²) < 4.78 is 10.4. The largest absolute Gasteiger partial charge is 0.469 e. The van der Waals surface area contributed by atoms with E-state index in [0.717, 1.165) is 32.1 Å². The molecule has 0 unspecified atom stereocenters. The van der Waals surface area contributed by atoms with E-state index in [9.17, 15) is 14.7 Å². The number of rotatable bonds is 5. The first-order valence-electron chi connectivity index (χ1n) is 13.0. The predicted octanol–water partition coefficient (Wildman–Crippen LogP) is 5.14. The second kappa shape index (κ2) is 8.92. The molecule has 0 aliphatic heterocycles. The molecule has 4 saturated carbocycles. The molecule has 0 saturated heterocycles. The molecule has 0 radical (unpaired) electrons. The average molecular weight is 449 g/mol. The average Bonchev–Trinajstić information content (AvgIpc) is 3.09. The van der Waals surface area contributed by atoms with Crippen LogP contribution in [0.4, 0.5) is 0 Å². The lowest BCUT2D eigenvalue weighted by atomic mass is 9.43. The van der Waals surface area contributed by atoms with Crippen LogP contribution in [0.15, 0.2) is 0 Å². The molecule has 4 aliphatic carbocycles. The number of carbonyl (C=O) groups excluding carboxylic acids is 2. The molecule has 1 N–H and O–H groups in total. The molecule has 5 nitrogen and oxygen atoms in total. The number of hydrogen-bond donors (Lipinski definition) is 1. The fourth-order valence-corrected chi connectivity index (χ4v) is 9.15. The van der Waals surface area contributed by atoms with Crippen molar-refractivity contribution in [1.82, 2.24) is 0 Å². The van der Waals surface area contributed by atoms with Crippen LogP contribution >= 0.6 is 0 Å². The molecule has 0 aromatic heterocycles. The topological polar surface area (TPSA) is 72.8 Å². The van der Waals surface area contributed by atoms with Crippen LogP contribution in [0.2, 0.25) is 0 Å². The van der Waals surface area contributed by atoms with Gasteiger partial charge in [-0.2, -0.15) is 0 Å². The van der Waals surface area contributed by atoms with Crippen molar-refractivity contribution in [2.75, 3.05) is 7.11 Å². The van der Waals surface area contributed by atoms with Crippen LogP contribution in [0.25, 0.3) is 0 Å². The van der Waals surface area contributed by atoms with Crippen LogP contribution in [0, 0.1) is 46.3 Å². The van der Waals surface area contributed by atoms with Crippen LogP contribution < -0.4 is 0 Å². The fraction of sp³-hybridized carbons (Fsp3) is 0.926. The zero-order valence-electron chi connectivity index (χ0n) is 20.8. The van der Waals surface area contributed by atoms with E-state index in [4.69, 9.17) is 9.47 Å². The Balaban J connectivity index is 1.49. The first kappa shape index (κ1) is 24.0. The minimum absolute atomic E-state index is 0.0229. The number of hydrogen-bond acceptors (Lipinski definition) is 5. The van der Waals surface area contributed by atoms with Crippen molar-refractivity contribution in [2.24, 2.45) is 46.3 Å². The number of ether oxygens (including phenoxy) is 2. The first-order chi connectivity index (χ1) is 15.1. The Bertz CT molecular complexity index is 721. The molecule has 4 aliphatic rings. The lowest BCUT2D eigenvalue weighted by Crippen LogP contribution is -2.58. The number of methoxy groups -OCH3 is 1. The van der Waals surface area contributed by atoms with E-state index in [-0.39, 0.29) is 35.0 Å². The van der Waals surface area contributed by atoms with Gasteiger partial charge in [-0.3, -0.25) is 9.59 Å². The molecule has 4 fully saturated rings. The highest BCUT2D eigenvalue weighted by Crippen LogP contribution is 2.68. The zero-order valence-corrected chi connectivity index (χ0v) is 20.8. The number of esters is 2. The third-order valence-corrected chi connectivity index (χ3v) is 10.8. The van der Waals surface area contributed by atoms with Gasteiger partial charge in [-0.05, 0) is 104 Å². The highest BCUT2D eigenvalue weighted by atomic mass is 16.5. The Morgan fingerprint density at radius 3 is 2.41 bits per heavy atom. The van der Waals surface area contributed by atoms with Gasteiger partial charge in [0.15, 0.2) is 0 Å². The van der Waals surface area contributed by atoms with E-state index < -0.39 is 0 Å². The van der Waals surface area contributed by atoms with Crippen molar-refractivity contribution in [1.29, 1.82) is 0 Å². The van der Waals surface area contributed by atoms with Crippen LogP contribution in [-0.4, -0.2) is 36.4 Å². The Labute approximate surface area is 194 Å². The molecular formula is C27H44O5. The molecule has 0 bridgehead atoms. The van der Waals surface area contributed by atoms with Gasteiger partial charge in [0.25, 0.3) is 0 Å². The lowest BCUT2D eigenvalue weighted by Gasteiger charge is -2.62. The quantitative estimate of drug-likeness (QED) is 0.590. The first-order valence-corrected chi connectivity index (χ1v) is 13.0. The maximum Gasteiger partial charge on any atom is 0.305 e. The number of aliphatic hydroxyl groups is 1. The summed E-state index contributed by atoms with van der Waals surface area (Å²) in [6, 6.07) is 0. The summed E-state index contributed by atoms with van der Waals surface area (Å²) in [5.74, 6) is 2.81. The fourth-order valence-electron chi connectivity index (χ4n) is 9.15. The van der Waals surface area contributed by atoms with Gasteiger partial charge in [0.2, 0.25) is 0 Å². The van der Waals surface area contributed by atoms with Crippen molar-refractivity contribution < 1.29 is 24.2 Å². The molecular weight excluding hydrogens is 404 g/mol. The van der Waals surface area contributed by atoms with Crippen molar-refractivity contribution in [2.45, 2.75) is 104 Å². The SMILES string of the molecule is COC(=O)CC[C@@H](C)[C@H]1CC[C@H]2[C@@H]3[C@H](O)C[C@@H]4C[C@@H](OC(C)=O)CC[C@]4(C)[C@H]3CC[C@]12C. The smallest absolute Gasteiger partial charge is 0.305 e. The summed E-state index contributed by atoms with van der Waals surface area (Å²) in [4.78, 5) is 23.2. The molecule has 5 heteroatoms. The molecule has 4 rings (SSSR count). The predicted molar refractivity (Wildman–Crippen MR) is 123 cm³/mol. The molecule has 182 valence electrons. The van der Waals surface area contributed by atoms with Gasteiger partial charge in [-0.1, -0.05) is 20.8 Å². The van der Waals surface area contributed by atoms with Crippen LogP contribution in [0.1, 0.15) is 91.9 Å². The Kier molecular flexibility index (Phi) is 6.70. The summed E-state index contributed by atoms with van der Waals surface area (Å²) in [5, 5.41) is 11.5. The third kappa shape index (κ3) is 4.01. The molecule has 0 aromatic rings. The summed E-state index contributed by atoms with van der Waals surface area (Å²) >= 11 is 0. The van der Waals surface area contributed by atoms with Crippen molar-refractivity contribution in [3.05, 3.63) is 0 Å². The van der Waals surface area contributed by atoms with E-state index in [0.29, 0.717) is 41.9 Å². The van der Waals surface area contributed by atoms with E-state index >= 15 is 0 Å². The highest BCUT2D eigenvalue weighted by Gasteiger charge is 2.63. The highest BCUT2D eigenvalue weighted by molar-refractivity contribution is 5.69. The van der Waals surface area contributed by atoms with Gasteiger partial charge in [0.05, 0.1) is 13.2 Å². The van der Waals surface area contributed by atoms with E-state index in [1.54, 1.807) is 0 Å². The summed E-state index contributed by atoms with van der Waals surface area (Å²) in [7, 11) is 1.47. The van der Waals surface area contributed by atoms with E-state index in [1.165, 1.54) is 39.7 Å². The Morgan fingerprint density at radius 1 is 1.03 bits per heavy atom. The van der Waals surface area contributed by atoms with E-state index in [1.807, 2.05) is 0 Å². The minimum atomic E-state index is -0.247. The number of aliphatic hydroxyl groups excluding tert-OH is 1. The van der Waals surface area contributed by atoms with Gasteiger partial charge in [0, 0.05) is 13.3 Å². The maximum atomic E-state index is 11.7. The second-order valence-electron chi connectivity index (χ2n) is 12.1. The Morgan fingerprint density at radius 2 is 1.72 bits per heavy atom. The standard InChI is InChI=1S/C27H44O5/c1-16(6-9-24(30)31-5)20-7-8-21-25-22(11-13-27(20,21)4)26(3)12-10-19(32-17(2)28)14-18(26)15-23(25)29/h16,18-23,25,29H,6-15H2,1-5H3/t16-,18+,19+,20-,21+,22+,23-,25+,26+,27-/m1/s1. The van der Waals surface area contributed by atoms with Gasteiger partial charge in [-0.15, -0.1) is 0 Å². The van der Waals surface area contributed by atoms with Crippen molar-refractivity contribution in [3.63, 3.8) is 0 Å². The van der Waals surface area contributed by atoms with Gasteiger partial charge in [0.1, 0.15) is 6.10 Å². The van der Waals surface area contributed by atoms with Crippen LogP contribution in [0.5, 0.6) is 0 Å². The number of carbonyl (C=O) groups is 2. The van der Waals surface area contributed by atoms with Crippen molar-refractivity contribution in [3.8, 4) is 0 Å². The minimum Gasteiger partial charge on any atom is -0.469 e. The number of fused-ring (bicyclic) bond motifs is 5. The van der Waals surface area contributed by atoms with E-state index in [2.05, 4.69) is 20.8 Å². The second-order valence-corrected chi connectivity index (χ2v) is 12.1. The summed E-state index contributed by atoms with van der Waals surface area (Å²) in [6.07, 6.45) is 9.85. The summed E-state index contributed by atoms with van der Waals surface area (Å²) in [5.41, 5.74) is 0.506. The third-order valence-electron chi connectivity index (χ3n) is 10.8. The molecule has 0 amide bonds. The lowest BCUT2D eigenvalue weighted by molar-refractivity contribution is -0.182. The molecule has 0 heterocycles. The molecule has 0 spiro atoms.